The Morgan fingerprint density at radius 2 is 1.80 bits per heavy atom. The van der Waals surface area contributed by atoms with E-state index in [4.69, 9.17) is 10.5 Å². The van der Waals surface area contributed by atoms with E-state index in [1.807, 2.05) is 0 Å². The van der Waals surface area contributed by atoms with Crippen LogP contribution in [0.5, 0.6) is 5.88 Å². The van der Waals surface area contributed by atoms with Crippen molar-refractivity contribution in [3.05, 3.63) is 54.2 Å². The number of aromatic nitrogens is 1. The number of hydrogen-bond donors (Lipinski definition) is 1. The molecule has 0 aliphatic carbocycles. The van der Waals surface area contributed by atoms with E-state index in [0.717, 1.165) is 0 Å². The van der Waals surface area contributed by atoms with Crippen LogP contribution in [0.3, 0.4) is 0 Å². The smallest absolute Gasteiger partial charge is 0.250 e. The monoisotopic (exact) mass is 361 g/mol. The number of ether oxygens (including phenoxy) is 1. The minimum absolute atomic E-state index is 0.117. The Balaban J connectivity index is 1.59. The van der Waals surface area contributed by atoms with E-state index in [2.05, 4.69) is 4.98 Å². The summed E-state index contributed by atoms with van der Waals surface area (Å²) < 4.78 is 32.4. The van der Waals surface area contributed by atoms with Crippen LogP contribution in [-0.2, 0) is 10.0 Å². The molecule has 1 fully saturated rings. The highest BCUT2D eigenvalue weighted by Gasteiger charge is 2.30. The summed E-state index contributed by atoms with van der Waals surface area (Å²) in [6, 6.07) is 11.6. The second-order valence-corrected chi connectivity index (χ2v) is 7.72. The molecule has 1 aromatic heterocycles. The zero-order valence-electron chi connectivity index (χ0n) is 13.5. The minimum atomic E-state index is -3.46. The number of benzene rings is 1. The van der Waals surface area contributed by atoms with Crippen LogP contribution in [0.2, 0.25) is 0 Å². The van der Waals surface area contributed by atoms with Gasteiger partial charge in [-0.25, -0.2) is 13.4 Å². The lowest BCUT2D eigenvalue weighted by molar-refractivity contribution is 0.0999. The SMILES string of the molecule is NC(=O)c1ccc(OC2CCN(S(=O)(=O)c3ccccc3)CC2)nc1. The first kappa shape index (κ1) is 17.4. The van der Waals surface area contributed by atoms with Gasteiger partial charge >= 0.3 is 0 Å². The number of pyridine rings is 1. The van der Waals surface area contributed by atoms with Gasteiger partial charge < -0.3 is 10.5 Å². The molecule has 0 unspecified atom stereocenters. The molecule has 0 atom stereocenters. The van der Waals surface area contributed by atoms with Crippen molar-refractivity contribution in [2.45, 2.75) is 23.8 Å². The number of hydrogen-bond acceptors (Lipinski definition) is 5. The molecule has 25 heavy (non-hydrogen) atoms. The van der Waals surface area contributed by atoms with Crippen LogP contribution in [0.15, 0.2) is 53.6 Å². The van der Waals surface area contributed by atoms with Crippen LogP contribution in [0.25, 0.3) is 0 Å². The summed E-state index contributed by atoms with van der Waals surface area (Å²) in [4.78, 5) is 15.4. The van der Waals surface area contributed by atoms with Gasteiger partial charge in [-0.2, -0.15) is 4.31 Å². The Labute approximate surface area is 146 Å². The third kappa shape index (κ3) is 3.97. The zero-order valence-corrected chi connectivity index (χ0v) is 14.4. The summed E-state index contributed by atoms with van der Waals surface area (Å²) in [5, 5.41) is 0. The number of nitrogens with zero attached hydrogens (tertiary/aromatic N) is 2. The molecular formula is C17H19N3O4S. The second kappa shape index (κ2) is 7.20. The molecular weight excluding hydrogens is 342 g/mol. The zero-order chi connectivity index (χ0) is 17.9. The van der Waals surface area contributed by atoms with Gasteiger partial charge in [-0.1, -0.05) is 18.2 Å². The van der Waals surface area contributed by atoms with E-state index in [0.29, 0.717) is 42.3 Å². The predicted octanol–water partition coefficient (Wildman–Crippen LogP) is 1.41. The first-order valence-corrected chi connectivity index (χ1v) is 9.38. The topological polar surface area (TPSA) is 103 Å². The molecule has 1 amide bonds. The summed E-state index contributed by atoms with van der Waals surface area (Å²) in [5.41, 5.74) is 5.49. The molecule has 0 spiro atoms. The Kier molecular flexibility index (Phi) is 5.00. The van der Waals surface area contributed by atoms with E-state index < -0.39 is 15.9 Å². The number of rotatable bonds is 5. The number of piperidine rings is 1. The van der Waals surface area contributed by atoms with Crippen molar-refractivity contribution in [2.24, 2.45) is 5.73 Å². The molecule has 0 bridgehead atoms. The van der Waals surface area contributed by atoms with Crippen molar-refractivity contribution in [2.75, 3.05) is 13.1 Å². The van der Waals surface area contributed by atoms with Crippen molar-refractivity contribution >= 4 is 15.9 Å². The molecule has 0 saturated carbocycles. The highest BCUT2D eigenvalue weighted by atomic mass is 32.2. The van der Waals surface area contributed by atoms with Crippen LogP contribution < -0.4 is 10.5 Å². The highest BCUT2D eigenvalue weighted by molar-refractivity contribution is 7.89. The maximum absolute atomic E-state index is 12.6. The fraction of sp³-hybridized carbons (Fsp3) is 0.294. The van der Waals surface area contributed by atoms with Crippen molar-refractivity contribution in [3.63, 3.8) is 0 Å². The van der Waals surface area contributed by atoms with Gasteiger partial charge in [-0.05, 0) is 31.0 Å². The Hall–Kier alpha value is -2.45. The number of primary amides is 1. The van der Waals surface area contributed by atoms with Crippen molar-refractivity contribution in [1.82, 2.24) is 9.29 Å². The molecule has 1 aliphatic rings. The van der Waals surface area contributed by atoms with Crippen LogP contribution >= 0.6 is 0 Å². The van der Waals surface area contributed by atoms with Gasteiger partial charge in [0.05, 0.1) is 10.5 Å². The first-order valence-electron chi connectivity index (χ1n) is 7.94. The Morgan fingerprint density at radius 3 is 2.36 bits per heavy atom. The van der Waals surface area contributed by atoms with E-state index >= 15 is 0 Å². The van der Waals surface area contributed by atoms with Gasteiger partial charge in [0.25, 0.3) is 0 Å². The number of sulfonamides is 1. The average molecular weight is 361 g/mol. The number of carbonyl (C=O) groups is 1. The van der Waals surface area contributed by atoms with Gasteiger partial charge in [-0.3, -0.25) is 4.79 Å². The highest BCUT2D eigenvalue weighted by Crippen LogP contribution is 2.23. The number of nitrogens with two attached hydrogens (primary N) is 1. The van der Waals surface area contributed by atoms with Crippen LogP contribution in [0.4, 0.5) is 0 Å². The van der Waals surface area contributed by atoms with E-state index in [1.165, 1.54) is 10.5 Å². The molecule has 7 nitrogen and oxygen atoms in total. The quantitative estimate of drug-likeness (QED) is 0.867. The first-order chi connectivity index (χ1) is 12.0. The van der Waals surface area contributed by atoms with E-state index in [1.54, 1.807) is 42.5 Å². The maximum atomic E-state index is 12.6. The molecule has 132 valence electrons. The van der Waals surface area contributed by atoms with E-state index in [9.17, 15) is 13.2 Å². The predicted molar refractivity (Wildman–Crippen MR) is 91.6 cm³/mol. The van der Waals surface area contributed by atoms with Gasteiger partial charge in [0.2, 0.25) is 21.8 Å². The molecule has 2 heterocycles. The van der Waals surface area contributed by atoms with Crippen molar-refractivity contribution < 1.29 is 17.9 Å². The summed E-state index contributed by atoms with van der Waals surface area (Å²) in [6.07, 6.45) is 2.40. The summed E-state index contributed by atoms with van der Waals surface area (Å²) in [7, 11) is -3.46. The summed E-state index contributed by atoms with van der Waals surface area (Å²) in [6.45, 7) is 0.780. The van der Waals surface area contributed by atoms with E-state index in [-0.39, 0.29) is 6.10 Å². The fourth-order valence-corrected chi connectivity index (χ4v) is 4.19. The van der Waals surface area contributed by atoms with Gasteiger partial charge in [-0.15, -0.1) is 0 Å². The molecule has 0 radical (unpaired) electrons. The number of amides is 1. The average Bonchev–Trinajstić information content (AvgIpc) is 2.63. The van der Waals surface area contributed by atoms with Gasteiger partial charge in [0.1, 0.15) is 6.10 Å². The molecule has 3 rings (SSSR count). The lowest BCUT2D eigenvalue weighted by Gasteiger charge is -2.31. The van der Waals surface area contributed by atoms with Crippen LogP contribution in [0, 0.1) is 0 Å². The molecule has 2 aromatic rings. The van der Waals surface area contributed by atoms with Crippen LogP contribution in [-0.4, -0.2) is 42.8 Å². The molecule has 8 heteroatoms. The largest absolute Gasteiger partial charge is 0.474 e. The van der Waals surface area contributed by atoms with Gasteiger partial charge in [0.15, 0.2) is 0 Å². The Morgan fingerprint density at radius 1 is 1.12 bits per heavy atom. The van der Waals surface area contributed by atoms with Gasteiger partial charge in [0, 0.05) is 25.4 Å². The van der Waals surface area contributed by atoms with Crippen LogP contribution in [0.1, 0.15) is 23.2 Å². The minimum Gasteiger partial charge on any atom is -0.474 e. The standard InChI is InChI=1S/C17H19N3O4S/c18-17(21)13-6-7-16(19-12-13)24-14-8-10-20(11-9-14)25(22,23)15-4-2-1-3-5-15/h1-7,12,14H,8-11H2,(H2,18,21). The van der Waals surface area contributed by atoms with Crippen molar-refractivity contribution in [3.8, 4) is 5.88 Å². The Bertz CT molecular complexity index is 830. The van der Waals surface area contributed by atoms with Crippen molar-refractivity contribution in [1.29, 1.82) is 0 Å². The lowest BCUT2D eigenvalue weighted by atomic mass is 10.1. The molecule has 2 N–H and O–H groups in total. The molecule has 1 aliphatic heterocycles. The normalized spacial score (nSPS) is 16.5. The second-order valence-electron chi connectivity index (χ2n) is 5.78. The summed E-state index contributed by atoms with van der Waals surface area (Å²) in [5.74, 6) is -0.146. The lowest BCUT2D eigenvalue weighted by Crippen LogP contribution is -2.41. The maximum Gasteiger partial charge on any atom is 0.250 e. The molecule has 1 saturated heterocycles. The summed E-state index contributed by atoms with van der Waals surface area (Å²) >= 11 is 0. The molecule has 1 aromatic carbocycles. The fourth-order valence-electron chi connectivity index (χ4n) is 2.70. The third-order valence-electron chi connectivity index (χ3n) is 4.09. The number of carbonyl (C=O) groups excluding carboxylic acids is 1. The third-order valence-corrected chi connectivity index (χ3v) is 6.00.